The van der Waals surface area contributed by atoms with Gasteiger partial charge in [-0.05, 0) is 30.9 Å². The van der Waals surface area contributed by atoms with Crippen molar-refractivity contribution in [1.29, 1.82) is 0 Å². The fourth-order valence-corrected chi connectivity index (χ4v) is 2.82. The average Bonchev–Trinajstić information content (AvgIpc) is 2.86. The second kappa shape index (κ2) is 3.29. The molecule has 2 aliphatic rings. The maximum atomic E-state index is 5.71. The van der Waals surface area contributed by atoms with Crippen LogP contribution in [0.4, 0.5) is 0 Å². The van der Waals surface area contributed by atoms with Crippen LogP contribution in [0.2, 0.25) is 0 Å². The Morgan fingerprint density at radius 3 is 2.88 bits per heavy atom. The highest BCUT2D eigenvalue weighted by molar-refractivity contribution is 5.77. The van der Waals surface area contributed by atoms with Crippen LogP contribution in [0.5, 0.6) is 5.75 Å². The van der Waals surface area contributed by atoms with Crippen LogP contribution in [0.25, 0.3) is 11.1 Å². The van der Waals surface area contributed by atoms with Crippen LogP contribution in [0.15, 0.2) is 24.3 Å². The van der Waals surface area contributed by atoms with E-state index in [9.17, 15) is 0 Å². The second-order valence-electron chi connectivity index (χ2n) is 4.59. The highest BCUT2D eigenvalue weighted by atomic mass is 16.5. The third-order valence-electron chi connectivity index (χ3n) is 3.59. The summed E-state index contributed by atoms with van der Waals surface area (Å²) in [6, 6.07) is 8.21. The number of rotatable bonds is 0. The van der Waals surface area contributed by atoms with Crippen LogP contribution in [0, 0.1) is 0 Å². The number of hydrogen-bond acceptors (Lipinski definition) is 3. The zero-order chi connectivity index (χ0) is 11.2. The first-order valence-electron chi connectivity index (χ1n) is 6.03. The van der Waals surface area contributed by atoms with E-state index in [4.69, 9.17) is 4.74 Å². The van der Waals surface area contributed by atoms with Crippen molar-refractivity contribution >= 4 is 0 Å². The minimum absolute atomic E-state index is 0.548. The fourth-order valence-electron chi connectivity index (χ4n) is 2.82. The summed E-state index contributed by atoms with van der Waals surface area (Å²) in [5.41, 5.74) is 6.03. The standard InChI is InChI=1S/C14H12N2O/c1-2-7-13-10(4-1)14-9-5-3-6-11(9)15-16-12(14)8-17-13/h1-2,4,7H,3,5-6,8H2. The lowest BCUT2D eigenvalue weighted by Gasteiger charge is -2.21. The Hall–Kier alpha value is -1.90. The number of nitrogens with zero attached hydrogens (tertiary/aromatic N) is 2. The molecule has 0 amide bonds. The van der Waals surface area contributed by atoms with E-state index < -0.39 is 0 Å². The smallest absolute Gasteiger partial charge is 0.133 e. The van der Waals surface area contributed by atoms with Crippen molar-refractivity contribution in [2.75, 3.05) is 0 Å². The van der Waals surface area contributed by atoms with Crippen LogP contribution in [-0.4, -0.2) is 10.2 Å². The van der Waals surface area contributed by atoms with E-state index in [2.05, 4.69) is 22.3 Å². The maximum Gasteiger partial charge on any atom is 0.133 e. The van der Waals surface area contributed by atoms with Gasteiger partial charge in [0, 0.05) is 11.1 Å². The average molecular weight is 224 g/mol. The van der Waals surface area contributed by atoms with Gasteiger partial charge in [0.1, 0.15) is 18.1 Å². The normalized spacial score (nSPS) is 15.8. The molecule has 0 atom stereocenters. The summed E-state index contributed by atoms with van der Waals surface area (Å²) in [6.45, 7) is 0.548. The van der Waals surface area contributed by atoms with Crippen LogP contribution in [-0.2, 0) is 19.4 Å². The molecular formula is C14H12N2O. The highest BCUT2D eigenvalue weighted by Crippen LogP contribution is 2.41. The highest BCUT2D eigenvalue weighted by Gasteiger charge is 2.26. The Morgan fingerprint density at radius 2 is 1.88 bits per heavy atom. The Morgan fingerprint density at radius 1 is 1.00 bits per heavy atom. The number of hydrogen-bond donors (Lipinski definition) is 0. The van der Waals surface area contributed by atoms with Crippen molar-refractivity contribution in [2.24, 2.45) is 0 Å². The molecular weight excluding hydrogens is 212 g/mol. The van der Waals surface area contributed by atoms with E-state index >= 15 is 0 Å². The maximum absolute atomic E-state index is 5.71. The van der Waals surface area contributed by atoms with Crippen molar-refractivity contribution < 1.29 is 4.74 Å². The van der Waals surface area contributed by atoms with Gasteiger partial charge in [-0.1, -0.05) is 18.2 Å². The molecule has 0 unspecified atom stereocenters. The summed E-state index contributed by atoms with van der Waals surface area (Å²) >= 11 is 0. The van der Waals surface area contributed by atoms with Crippen LogP contribution >= 0.6 is 0 Å². The van der Waals surface area contributed by atoms with Gasteiger partial charge in [-0.3, -0.25) is 0 Å². The van der Waals surface area contributed by atoms with Gasteiger partial charge in [-0.15, -0.1) is 0 Å². The van der Waals surface area contributed by atoms with E-state index in [0.717, 1.165) is 24.3 Å². The van der Waals surface area contributed by atoms with Gasteiger partial charge >= 0.3 is 0 Å². The molecule has 3 nitrogen and oxygen atoms in total. The van der Waals surface area contributed by atoms with Crippen LogP contribution < -0.4 is 4.74 Å². The minimum Gasteiger partial charge on any atom is -0.487 e. The van der Waals surface area contributed by atoms with Gasteiger partial charge in [0.25, 0.3) is 0 Å². The SMILES string of the molecule is c1ccc2c(c1)OCc1nnc3c(c1-2)CCC3. The third-order valence-corrected chi connectivity index (χ3v) is 3.59. The summed E-state index contributed by atoms with van der Waals surface area (Å²) in [5, 5.41) is 8.63. The molecule has 0 saturated carbocycles. The first-order chi connectivity index (χ1) is 8.43. The van der Waals surface area contributed by atoms with Gasteiger partial charge in [0.2, 0.25) is 0 Å². The van der Waals surface area contributed by atoms with Crippen LogP contribution in [0.3, 0.4) is 0 Å². The second-order valence-corrected chi connectivity index (χ2v) is 4.59. The molecule has 1 aliphatic carbocycles. The lowest BCUT2D eigenvalue weighted by molar-refractivity contribution is 0.295. The lowest BCUT2D eigenvalue weighted by Crippen LogP contribution is -2.11. The van der Waals surface area contributed by atoms with Crippen molar-refractivity contribution in [3.8, 4) is 16.9 Å². The number of aromatic nitrogens is 2. The predicted octanol–water partition coefficient (Wildman–Crippen LogP) is 2.52. The van der Waals surface area contributed by atoms with Gasteiger partial charge in [0.15, 0.2) is 0 Å². The van der Waals surface area contributed by atoms with Gasteiger partial charge in [-0.2, -0.15) is 10.2 Å². The topological polar surface area (TPSA) is 35.0 Å². The van der Waals surface area contributed by atoms with Crippen molar-refractivity contribution in [3.63, 3.8) is 0 Å². The quantitative estimate of drug-likeness (QED) is 0.689. The molecule has 4 rings (SSSR count). The summed E-state index contributed by atoms with van der Waals surface area (Å²) in [7, 11) is 0. The molecule has 1 aliphatic heterocycles. The summed E-state index contributed by atoms with van der Waals surface area (Å²) in [6.07, 6.45) is 3.39. The van der Waals surface area contributed by atoms with E-state index in [0.29, 0.717) is 6.61 Å². The first-order valence-corrected chi connectivity index (χ1v) is 6.03. The molecule has 3 heteroatoms. The van der Waals surface area contributed by atoms with Crippen LogP contribution in [0.1, 0.15) is 23.4 Å². The molecule has 0 fully saturated rings. The molecule has 0 radical (unpaired) electrons. The number of para-hydroxylation sites is 1. The van der Waals surface area contributed by atoms with E-state index in [1.807, 2.05) is 12.1 Å². The van der Waals surface area contributed by atoms with Gasteiger partial charge < -0.3 is 4.74 Å². The molecule has 17 heavy (non-hydrogen) atoms. The first kappa shape index (κ1) is 9.16. The van der Waals surface area contributed by atoms with Gasteiger partial charge in [0.05, 0.1) is 5.69 Å². The zero-order valence-electron chi connectivity index (χ0n) is 9.44. The monoisotopic (exact) mass is 224 g/mol. The largest absolute Gasteiger partial charge is 0.487 e. The minimum atomic E-state index is 0.548. The van der Waals surface area contributed by atoms with Gasteiger partial charge in [-0.25, -0.2) is 0 Å². The van der Waals surface area contributed by atoms with Crippen molar-refractivity contribution in [1.82, 2.24) is 10.2 Å². The summed E-state index contributed by atoms with van der Waals surface area (Å²) < 4.78 is 5.71. The molecule has 0 N–H and O–H groups in total. The number of aryl methyl sites for hydroxylation is 1. The molecule has 2 aromatic rings. The van der Waals surface area contributed by atoms with Crippen molar-refractivity contribution in [2.45, 2.75) is 25.9 Å². The molecule has 2 heterocycles. The molecule has 0 spiro atoms. The Kier molecular flexibility index (Phi) is 1.78. The number of fused-ring (bicyclic) bond motifs is 5. The Balaban J connectivity index is 2.05. The molecule has 84 valence electrons. The predicted molar refractivity (Wildman–Crippen MR) is 63.8 cm³/mol. The molecule has 0 saturated heterocycles. The molecule has 1 aromatic heterocycles. The number of benzene rings is 1. The molecule has 0 bridgehead atoms. The van der Waals surface area contributed by atoms with Crippen molar-refractivity contribution in [3.05, 3.63) is 41.2 Å². The lowest BCUT2D eigenvalue weighted by atomic mass is 9.95. The third kappa shape index (κ3) is 1.22. The Labute approximate surface area is 99.5 Å². The van der Waals surface area contributed by atoms with E-state index in [-0.39, 0.29) is 0 Å². The summed E-state index contributed by atoms with van der Waals surface area (Å²) in [4.78, 5) is 0. The number of ether oxygens (including phenoxy) is 1. The summed E-state index contributed by atoms with van der Waals surface area (Å²) in [5.74, 6) is 0.974. The zero-order valence-corrected chi connectivity index (χ0v) is 9.44. The van der Waals surface area contributed by atoms with E-state index in [1.54, 1.807) is 0 Å². The van der Waals surface area contributed by atoms with E-state index in [1.165, 1.54) is 28.8 Å². The fraction of sp³-hybridized carbons (Fsp3) is 0.286. The molecule has 1 aromatic carbocycles. The Bertz CT molecular complexity index is 607.